The Morgan fingerprint density at radius 2 is 2.31 bits per heavy atom. The SMILES string of the molecule is C/C(C=O)=C1/CC=C2C(CO)=CCCC21C. The maximum atomic E-state index is 10.9. The van der Waals surface area contributed by atoms with E-state index in [0.29, 0.717) is 0 Å². The second-order valence-electron chi connectivity index (χ2n) is 4.86. The first-order chi connectivity index (χ1) is 7.63. The van der Waals surface area contributed by atoms with Crippen LogP contribution in [0.4, 0.5) is 0 Å². The lowest BCUT2D eigenvalue weighted by molar-refractivity contribution is -0.105. The van der Waals surface area contributed by atoms with Gasteiger partial charge in [0.2, 0.25) is 0 Å². The molecule has 86 valence electrons. The van der Waals surface area contributed by atoms with Crippen LogP contribution in [0.1, 0.15) is 33.1 Å². The molecule has 2 aliphatic carbocycles. The minimum atomic E-state index is -0.0161. The van der Waals surface area contributed by atoms with Gasteiger partial charge < -0.3 is 5.11 Å². The van der Waals surface area contributed by atoms with E-state index < -0.39 is 0 Å². The summed E-state index contributed by atoms with van der Waals surface area (Å²) >= 11 is 0. The fourth-order valence-corrected chi connectivity index (χ4v) is 3.05. The Kier molecular flexibility index (Phi) is 2.85. The summed E-state index contributed by atoms with van der Waals surface area (Å²) in [6.07, 6.45) is 8.13. The molecule has 0 aliphatic heterocycles. The lowest BCUT2D eigenvalue weighted by Crippen LogP contribution is -2.24. The highest BCUT2D eigenvalue weighted by atomic mass is 16.3. The first-order valence-electron chi connectivity index (χ1n) is 5.80. The number of aldehydes is 1. The molecule has 1 unspecified atom stereocenters. The summed E-state index contributed by atoms with van der Waals surface area (Å²) in [5.74, 6) is 0. The average molecular weight is 218 g/mol. The molecule has 0 fully saturated rings. The van der Waals surface area contributed by atoms with E-state index >= 15 is 0 Å². The van der Waals surface area contributed by atoms with E-state index in [4.69, 9.17) is 0 Å². The highest BCUT2D eigenvalue weighted by molar-refractivity contribution is 5.75. The van der Waals surface area contributed by atoms with E-state index in [1.54, 1.807) is 0 Å². The Hall–Kier alpha value is -1.15. The monoisotopic (exact) mass is 218 g/mol. The van der Waals surface area contributed by atoms with Crippen LogP contribution in [-0.2, 0) is 4.79 Å². The molecule has 0 saturated heterocycles. The Morgan fingerprint density at radius 1 is 1.56 bits per heavy atom. The highest BCUT2D eigenvalue weighted by Gasteiger charge is 2.40. The van der Waals surface area contributed by atoms with Gasteiger partial charge in [-0.2, -0.15) is 0 Å². The minimum Gasteiger partial charge on any atom is -0.392 e. The van der Waals surface area contributed by atoms with Crippen LogP contribution in [0.2, 0.25) is 0 Å². The molecule has 0 aromatic carbocycles. The van der Waals surface area contributed by atoms with E-state index in [1.807, 2.05) is 6.92 Å². The lowest BCUT2D eigenvalue weighted by Gasteiger charge is -2.35. The van der Waals surface area contributed by atoms with Crippen molar-refractivity contribution in [3.05, 3.63) is 34.4 Å². The van der Waals surface area contributed by atoms with Crippen LogP contribution in [0.5, 0.6) is 0 Å². The van der Waals surface area contributed by atoms with E-state index in [2.05, 4.69) is 19.1 Å². The Morgan fingerprint density at radius 3 is 2.94 bits per heavy atom. The second-order valence-corrected chi connectivity index (χ2v) is 4.86. The zero-order valence-corrected chi connectivity index (χ0v) is 9.92. The van der Waals surface area contributed by atoms with E-state index in [9.17, 15) is 9.90 Å². The fraction of sp³-hybridized carbons (Fsp3) is 0.500. The summed E-state index contributed by atoms with van der Waals surface area (Å²) in [5.41, 5.74) is 4.35. The quantitative estimate of drug-likeness (QED) is 0.571. The first kappa shape index (κ1) is 11.3. The van der Waals surface area contributed by atoms with Gasteiger partial charge in [0.15, 0.2) is 0 Å². The van der Waals surface area contributed by atoms with Crippen molar-refractivity contribution in [1.82, 2.24) is 0 Å². The van der Waals surface area contributed by atoms with E-state index in [0.717, 1.165) is 36.7 Å². The van der Waals surface area contributed by atoms with Crippen molar-refractivity contribution in [3.63, 3.8) is 0 Å². The highest BCUT2D eigenvalue weighted by Crippen LogP contribution is 2.52. The van der Waals surface area contributed by atoms with Gasteiger partial charge in [-0.3, -0.25) is 4.79 Å². The van der Waals surface area contributed by atoms with Crippen LogP contribution in [0.3, 0.4) is 0 Å². The normalized spacial score (nSPS) is 31.7. The summed E-state index contributed by atoms with van der Waals surface area (Å²) in [6.45, 7) is 4.19. The summed E-state index contributed by atoms with van der Waals surface area (Å²) < 4.78 is 0. The smallest absolute Gasteiger partial charge is 0.145 e. The van der Waals surface area contributed by atoms with Crippen molar-refractivity contribution < 1.29 is 9.90 Å². The van der Waals surface area contributed by atoms with Crippen LogP contribution in [0.15, 0.2) is 34.4 Å². The summed E-state index contributed by atoms with van der Waals surface area (Å²) in [6, 6.07) is 0. The van der Waals surface area contributed by atoms with Gasteiger partial charge in [0.05, 0.1) is 6.61 Å². The molecule has 1 atom stereocenters. The molecule has 0 bridgehead atoms. The van der Waals surface area contributed by atoms with Crippen molar-refractivity contribution >= 4 is 6.29 Å². The van der Waals surface area contributed by atoms with Gasteiger partial charge >= 0.3 is 0 Å². The molecular formula is C14H18O2. The van der Waals surface area contributed by atoms with E-state index in [1.165, 1.54) is 11.1 Å². The topological polar surface area (TPSA) is 37.3 Å². The van der Waals surface area contributed by atoms with Crippen LogP contribution < -0.4 is 0 Å². The van der Waals surface area contributed by atoms with Crippen molar-refractivity contribution in [3.8, 4) is 0 Å². The predicted octanol–water partition coefficient (Wildman–Crippen LogP) is 2.55. The second kappa shape index (κ2) is 4.02. The van der Waals surface area contributed by atoms with Crippen molar-refractivity contribution in [2.24, 2.45) is 5.41 Å². The third-order valence-corrected chi connectivity index (χ3v) is 3.97. The van der Waals surface area contributed by atoms with Crippen molar-refractivity contribution in [2.45, 2.75) is 33.1 Å². The minimum absolute atomic E-state index is 0.0161. The Balaban J connectivity index is 2.47. The molecule has 1 N–H and O–H groups in total. The molecule has 2 rings (SSSR count). The number of rotatable bonds is 2. The van der Waals surface area contributed by atoms with Crippen molar-refractivity contribution in [2.75, 3.05) is 6.61 Å². The van der Waals surface area contributed by atoms with Gasteiger partial charge in [-0.05, 0) is 48.5 Å². The molecule has 0 radical (unpaired) electrons. The fourth-order valence-electron chi connectivity index (χ4n) is 3.05. The Labute approximate surface area is 96.4 Å². The van der Waals surface area contributed by atoms with Crippen LogP contribution >= 0.6 is 0 Å². The summed E-state index contributed by atoms with van der Waals surface area (Å²) in [5, 5.41) is 9.34. The predicted molar refractivity (Wildman–Crippen MR) is 64.0 cm³/mol. The number of hydrogen-bond donors (Lipinski definition) is 1. The number of carbonyl (C=O) groups excluding carboxylic acids is 1. The van der Waals surface area contributed by atoms with Gasteiger partial charge in [-0.15, -0.1) is 0 Å². The molecule has 0 aromatic rings. The molecule has 2 heteroatoms. The number of hydrogen-bond acceptors (Lipinski definition) is 2. The van der Waals surface area contributed by atoms with E-state index in [-0.39, 0.29) is 12.0 Å². The largest absolute Gasteiger partial charge is 0.392 e. The third-order valence-electron chi connectivity index (χ3n) is 3.97. The van der Waals surface area contributed by atoms with Gasteiger partial charge in [-0.25, -0.2) is 0 Å². The number of allylic oxidation sites excluding steroid dienone is 4. The summed E-state index contributed by atoms with van der Waals surface area (Å²) in [7, 11) is 0. The number of aliphatic hydroxyl groups excluding tert-OH is 1. The lowest BCUT2D eigenvalue weighted by atomic mass is 9.69. The molecular weight excluding hydrogens is 200 g/mol. The molecule has 0 saturated carbocycles. The van der Waals surface area contributed by atoms with Gasteiger partial charge in [0.1, 0.15) is 6.29 Å². The maximum absolute atomic E-state index is 10.9. The standard InChI is InChI=1S/C14H18O2/c1-10(8-15)12-5-6-13-11(9-16)4-3-7-14(12,13)2/h4,6,8,16H,3,5,7,9H2,1-2H3/b12-10+. The van der Waals surface area contributed by atoms with Gasteiger partial charge in [0, 0.05) is 5.41 Å². The molecule has 16 heavy (non-hydrogen) atoms. The number of carbonyl (C=O) groups is 1. The molecule has 0 aromatic heterocycles. The van der Waals surface area contributed by atoms with Crippen LogP contribution in [-0.4, -0.2) is 18.0 Å². The zero-order valence-electron chi connectivity index (χ0n) is 9.92. The molecule has 0 amide bonds. The van der Waals surface area contributed by atoms with Gasteiger partial charge in [-0.1, -0.05) is 19.1 Å². The molecule has 2 nitrogen and oxygen atoms in total. The zero-order chi connectivity index (χ0) is 11.8. The summed E-state index contributed by atoms with van der Waals surface area (Å²) in [4.78, 5) is 10.9. The number of fused-ring (bicyclic) bond motifs is 1. The van der Waals surface area contributed by atoms with Gasteiger partial charge in [0.25, 0.3) is 0 Å². The molecule has 0 heterocycles. The number of aliphatic hydroxyl groups is 1. The molecule has 0 spiro atoms. The van der Waals surface area contributed by atoms with Crippen LogP contribution in [0, 0.1) is 5.41 Å². The third kappa shape index (κ3) is 1.49. The van der Waals surface area contributed by atoms with Crippen molar-refractivity contribution in [1.29, 1.82) is 0 Å². The first-order valence-corrected chi connectivity index (χ1v) is 5.80. The average Bonchev–Trinajstić information content (AvgIpc) is 2.64. The molecule has 2 aliphatic rings. The maximum Gasteiger partial charge on any atom is 0.145 e. The Bertz CT molecular complexity index is 412. The van der Waals surface area contributed by atoms with Crippen LogP contribution in [0.25, 0.3) is 0 Å².